The van der Waals surface area contributed by atoms with Gasteiger partial charge in [-0.2, -0.15) is 0 Å². The fraction of sp³-hybridized carbons (Fsp3) is 0.500. The summed E-state index contributed by atoms with van der Waals surface area (Å²) in [5.41, 5.74) is 0. The Bertz CT molecular complexity index is 757. The molecule has 0 radical (unpaired) electrons. The number of hydrogen-bond acceptors (Lipinski definition) is 6. The number of nitrogens with one attached hydrogen (secondary N) is 1. The third-order valence-electron chi connectivity index (χ3n) is 4.52. The Morgan fingerprint density at radius 1 is 1.21 bits per heavy atom. The molecule has 0 spiro atoms. The van der Waals surface area contributed by atoms with Crippen molar-refractivity contribution < 1.29 is 4.74 Å². The summed E-state index contributed by atoms with van der Waals surface area (Å²) in [6, 6.07) is 7.40. The number of anilines is 1. The number of rotatable bonds is 9. The summed E-state index contributed by atoms with van der Waals surface area (Å²) in [4.78, 5) is 11.3. The van der Waals surface area contributed by atoms with Crippen LogP contribution in [-0.4, -0.2) is 52.9 Å². The molecule has 2 aromatic rings. The summed E-state index contributed by atoms with van der Waals surface area (Å²) in [6.07, 6.45) is 5.18. The van der Waals surface area contributed by atoms with Crippen molar-refractivity contribution in [3.8, 4) is 5.75 Å². The van der Waals surface area contributed by atoms with E-state index in [1.165, 1.54) is 0 Å². The molecule has 1 aromatic heterocycles. The second-order valence-corrected chi connectivity index (χ2v) is 8.66. The van der Waals surface area contributed by atoms with Crippen LogP contribution < -0.4 is 10.1 Å². The molecule has 0 bridgehead atoms. The lowest BCUT2D eigenvalue weighted by molar-refractivity contribution is 0.103. The van der Waals surface area contributed by atoms with Crippen molar-refractivity contribution in [1.82, 2.24) is 14.9 Å². The third kappa shape index (κ3) is 6.69. The first-order valence-corrected chi connectivity index (χ1v) is 11.4. The number of hydrogen-bond donors (Lipinski definition) is 1. The third-order valence-corrected chi connectivity index (χ3v) is 6.40. The number of ether oxygens (including phenoxy) is 1. The van der Waals surface area contributed by atoms with E-state index in [2.05, 4.69) is 27.1 Å². The van der Waals surface area contributed by atoms with Gasteiger partial charge in [0.1, 0.15) is 16.9 Å². The van der Waals surface area contributed by atoms with E-state index >= 15 is 0 Å². The Hall–Kier alpha value is -1.21. The standard InChI is InChI=1S/C20H26Cl2N4OS/c1-2-13-28-19-5-8-23-20(25-19)24-9-12-26-10-6-15(7-11-26)27-16-3-4-17(21)18(22)14-16/h3-5,8,14-15H,2,6-7,9-13H2,1H3,(H,23,24,25). The van der Waals surface area contributed by atoms with Gasteiger partial charge in [-0.1, -0.05) is 30.1 Å². The summed E-state index contributed by atoms with van der Waals surface area (Å²) in [6.45, 7) is 6.00. The molecule has 152 valence electrons. The Morgan fingerprint density at radius 3 is 2.79 bits per heavy atom. The maximum absolute atomic E-state index is 6.06. The van der Waals surface area contributed by atoms with Crippen LogP contribution in [0.2, 0.25) is 10.0 Å². The molecule has 8 heteroatoms. The summed E-state index contributed by atoms with van der Waals surface area (Å²) < 4.78 is 6.05. The van der Waals surface area contributed by atoms with Gasteiger partial charge >= 0.3 is 0 Å². The number of nitrogens with zero attached hydrogens (tertiary/aromatic N) is 3. The van der Waals surface area contributed by atoms with E-state index in [0.29, 0.717) is 16.0 Å². The number of benzene rings is 1. The quantitative estimate of drug-likeness (QED) is 0.424. The topological polar surface area (TPSA) is 50.3 Å². The van der Waals surface area contributed by atoms with E-state index in [1.54, 1.807) is 23.9 Å². The van der Waals surface area contributed by atoms with Gasteiger partial charge in [-0.15, -0.1) is 11.8 Å². The average molecular weight is 441 g/mol. The largest absolute Gasteiger partial charge is 0.490 e. The first-order chi connectivity index (χ1) is 13.6. The first-order valence-electron chi connectivity index (χ1n) is 9.68. The smallest absolute Gasteiger partial charge is 0.223 e. The van der Waals surface area contributed by atoms with Gasteiger partial charge in [0.15, 0.2) is 0 Å². The van der Waals surface area contributed by atoms with Gasteiger partial charge in [0.2, 0.25) is 5.95 Å². The van der Waals surface area contributed by atoms with E-state index in [0.717, 1.165) is 62.0 Å². The minimum atomic E-state index is 0.219. The van der Waals surface area contributed by atoms with Crippen LogP contribution in [0.15, 0.2) is 35.5 Å². The number of aromatic nitrogens is 2. The Balaban J connectivity index is 1.37. The van der Waals surface area contributed by atoms with Crippen molar-refractivity contribution >= 4 is 40.9 Å². The van der Waals surface area contributed by atoms with Crippen molar-refractivity contribution in [1.29, 1.82) is 0 Å². The SMILES string of the molecule is CCCSc1ccnc(NCCN2CCC(Oc3ccc(Cl)c(Cl)c3)CC2)n1. The highest BCUT2D eigenvalue weighted by atomic mass is 35.5. The molecule has 3 rings (SSSR count). The molecule has 0 atom stereocenters. The summed E-state index contributed by atoms with van der Waals surface area (Å²) in [7, 11) is 0. The zero-order valence-corrected chi connectivity index (χ0v) is 18.4. The van der Waals surface area contributed by atoms with Gasteiger partial charge < -0.3 is 15.0 Å². The molecule has 0 amide bonds. The van der Waals surface area contributed by atoms with Crippen LogP contribution in [-0.2, 0) is 0 Å². The Morgan fingerprint density at radius 2 is 2.04 bits per heavy atom. The van der Waals surface area contributed by atoms with E-state index in [1.807, 2.05) is 18.3 Å². The average Bonchev–Trinajstić information content (AvgIpc) is 2.71. The van der Waals surface area contributed by atoms with Crippen LogP contribution in [0, 0.1) is 0 Å². The zero-order chi connectivity index (χ0) is 19.8. The molecule has 1 aromatic carbocycles. The van der Waals surface area contributed by atoms with Gasteiger partial charge in [0.05, 0.1) is 10.0 Å². The van der Waals surface area contributed by atoms with Crippen LogP contribution in [0.5, 0.6) is 5.75 Å². The molecule has 0 unspecified atom stereocenters. The molecule has 0 saturated carbocycles. The van der Waals surface area contributed by atoms with E-state index in [9.17, 15) is 0 Å². The predicted octanol–water partition coefficient (Wildman–Crippen LogP) is 5.24. The van der Waals surface area contributed by atoms with Crippen LogP contribution in [0.4, 0.5) is 5.95 Å². The molecule has 1 fully saturated rings. The predicted molar refractivity (Wildman–Crippen MR) is 118 cm³/mol. The molecule has 2 heterocycles. The molecule has 1 saturated heterocycles. The van der Waals surface area contributed by atoms with Crippen LogP contribution in [0.25, 0.3) is 0 Å². The second-order valence-electron chi connectivity index (χ2n) is 6.73. The van der Waals surface area contributed by atoms with Crippen molar-refractivity contribution in [2.24, 2.45) is 0 Å². The van der Waals surface area contributed by atoms with Gasteiger partial charge in [-0.3, -0.25) is 0 Å². The fourth-order valence-electron chi connectivity index (χ4n) is 3.03. The highest BCUT2D eigenvalue weighted by Crippen LogP contribution is 2.28. The summed E-state index contributed by atoms with van der Waals surface area (Å²) >= 11 is 13.8. The summed E-state index contributed by atoms with van der Waals surface area (Å²) in [5, 5.41) is 5.44. The van der Waals surface area contributed by atoms with Crippen LogP contribution in [0.1, 0.15) is 26.2 Å². The molecule has 28 heavy (non-hydrogen) atoms. The maximum atomic E-state index is 6.06. The van der Waals surface area contributed by atoms with E-state index in [-0.39, 0.29) is 6.10 Å². The van der Waals surface area contributed by atoms with Crippen molar-refractivity contribution in [2.75, 3.05) is 37.2 Å². The molecular formula is C20H26Cl2N4OS. The van der Waals surface area contributed by atoms with Crippen molar-refractivity contribution in [3.63, 3.8) is 0 Å². The Kier molecular flexibility index (Phi) is 8.52. The monoisotopic (exact) mass is 440 g/mol. The molecular weight excluding hydrogens is 415 g/mol. The molecule has 1 N–H and O–H groups in total. The van der Waals surface area contributed by atoms with Gasteiger partial charge in [0, 0.05) is 38.4 Å². The number of halogens is 2. The lowest BCUT2D eigenvalue weighted by Gasteiger charge is -2.32. The number of likely N-dealkylation sites (tertiary alicyclic amines) is 1. The van der Waals surface area contributed by atoms with E-state index in [4.69, 9.17) is 27.9 Å². The Labute approximate surface area is 181 Å². The van der Waals surface area contributed by atoms with Crippen LogP contribution in [0.3, 0.4) is 0 Å². The zero-order valence-electron chi connectivity index (χ0n) is 16.0. The fourth-order valence-corrected chi connectivity index (χ4v) is 4.04. The van der Waals surface area contributed by atoms with Crippen LogP contribution >= 0.6 is 35.0 Å². The summed E-state index contributed by atoms with van der Waals surface area (Å²) in [5.74, 6) is 2.57. The van der Waals surface area contributed by atoms with Gasteiger partial charge in [-0.25, -0.2) is 9.97 Å². The molecule has 1 aliphatic heterocycles. The molecule has 5 nitrogen and oxygen atoms in total. The highest BCUT2D eigenvalue weighted by Gasteiger charge is 2.20. The first kappa shape index (κ1) is 21.5. The van der Waals surface area contributed by atoms with Gasteiger partial charge in [0.25, 0.3) is 0 Å². The molecule has 0 aliphatic carbocycles. The van der Waals surface area contributed by atoms with Crippen molar-refractivity contribution in [2.45, 2.75) is 37.3 Å². The lowest BCUT2D eigenvalue weighted by atomic mass is 10.1. The van der Waals surface area contributed by atoms with E-state index < -0.39 is 0 Å². The second kappa shape index (κ2) is 11.1. The highest BCUT2D eigenvalue weighted by molar-refractivity contribution is 7.99. The minimum absolute atomic E-state index is 0.219. The minimum Gasteiger partial charge on any atom is -0.490 e. The van der Waals surface area contributed by atoms with Gasteiger partial charge in [-0.05, 0) is 43.2 Å². The number of piperidine rings is 1. The number of thioether (sulfide) groups is 1. The van der Waals surface area contributed by atoms with Crippen molar-refractivity contribution in [3.05, 3.63) is 40.5 Å². The normalized spacial score (nSPS) is 15.5. The maximum Gasteiger partial charge on any atom is 0.223 e. The lowest BCUT2D eigenvalue weighted by Crippen LogP contribution is -2.40. The molecule has 1 aliphatic rings.